The van der Waals surface area contributed by atoms with E-state index in [0.717, 1.165) is 49.5 Å². The fourth-order valence-corrected chi connectivity index (χ4v) is 7.50. The standard InChI is InChI=1S/C40H42N2O6S/c1-3-45-23-25-47-21-19-40(20-22-48-26-24-46-4-2)35-27-30(13-17-33(35)34-18-16-32(42(43)44)28-36(34)40)10-9-29-11-14-31(15-12-29)39-41-37-7-5-6-8-38(37)49-39/h5-18,27-28H,3-4,19-26H2,1-2H3. The van der Waals surface area contributed by atoms with E-state index in [1.807, 2.05) is 38.1 Å². The summed E-state index contributed by atoms with van der Waals surface area (Å²) < 4.78 is 24.2. The molecule has 1 heterocycles. The number of aromatic nitrogens is 1. The molecule has 0 bridgehead atoms. The van der Waals surface area contributed by atoms with E-state index in [0.29, 0.717) is 65.7 Å². The number of nitro benzene ring substituents is 1. The van der Waals surface area contributed by atoms with Gasteiger partial charge in [-0.1, -0.05) is 66.7 Å². The van der Waals surface area contributed by atoms with E-state index in [9.17, 15) is 10.1 Å². The van der Waals surface area contributed by atoms with E-state index in [1.54, 1.807) is 23.5 Å². The van der Waals surface area contributed by atoms with Gasteiger partial charge in [0.05, 0.1) is 41.6 Å². The highest BCUT2D eigenvalue weighted by molar-refractivity contribution is 7.21. The molecule has 1 aliphatic rings. The first-order valence-corrected chi connectivity index (χ1v) is 17.7. The van der Waals surface area contributed by atoms with Crippen LogP contribution in [0, 0.1) is 10.1 Å². The molecule has 0 amide bonds. The SMILES string of the molecule is CCOCCOCCC1(CCOCCOCC)c2cc(C=Cc3ccc(-c4nc5ccccc5s4)cc3)ccc2-c2ccc([N+](=O)[O-])cc21. The second-order valence-electron chi connectivity index (χ2n) is 11.9. The molecule has 9 heteroatoms. The number of non-ortho nitro benzene ring substituents is 1. The topological polar surface area (TPSA) is 93.0 Å². The molecule has 0 radical (unpaired) electrons. The number of fused-ring (bicyclic) bond motifs is 4. The number of thiazole rings is 1. The van der Waals surface area contributed by atoms with Crippen LogP contribution in [0.25, 0.3) is 44.1 Å². The summed E-state index contributed by atoms with van der Waals surface area (Å²) in [6.45, 7) is 8.20. The Bertz CT molecular complexity index is 1850. The maximum Gasteiger partial charge on any atom is 0.269 e. The zero-order chi connectivity index (χ0) is 34.1. The number of para-hydroxylation sites is 1. The molecule has 0 saturated carbocycles. The van der Waals surface area contributed by atoms with Crippen LogP contribution in [0.15, 0.2) is 84.9 Å². The van der Waals surface area contributed by atoms with E-state index >= 15 is 0 Å². The molecule has 49 heavy (non-hydrogen) atoms. The van der Waals surface area contributed by atoms with E-state index in [1.165, 1.54) is 4.70 Å². The van der Waals surface area contributed by atoms with Crippen molar-refractivity contribution in [1.29, 1.82) is 0 Å². The largest absolute Gasteiger partial charge is 0.379 e. The lowest BCUT2D eigenvalue weighted by Crippen LogP contribution is -2.30. The Balaban J connectivity index is 1.29. The van der Waals surface area contributed by atoms with E-state index < -0.39 is 5.41 Å². The van der Waals surface area contributed by atoms with Crippen LogP contribution in [0.3, 0.4) is 0 Å². The van der Waals surface area contributed by atoms with Crippen LogP contribution in [0.2, 0.25) is 0 Å². The van der Waals surface area contributed by atoms with E-state index in [-0.39, 0.29) is 10.6 Å². The van der Waals surface area contributed by atoms with Gasteiger partial charge in [0.1, 0.15) is 5.01 Å². The number of hydrogen-bond donors (Lipinski definition) is 0. The summed E-state index contributed by atoms with van der Waals surface area (Å²) in [5.74, 6) is 0. The third-order valence-corrected chi connectivity index (χ3v) is 10.1. The Morgan fingerprint density at radius 1 is 0.714 bits per heavy atom. The molecule has 0 fully saturated rings. The molecule has 0 saturated heterocycles. The van der Waals surface area contributed by atoms with Crippen LogP contribution < -0.4 is 0 Å². The maximum absolute atomic E-state index is 11.9. The second kappa shape index (κ2) is 16.4. The van der Waals surface area contributed by atoms with E-state index in [4.69, 9.17) is 23.9 Å². The Labute approximate surface area is 291 Å². The minimum absolute atomic E-state index is 0.0832. The predicted octanol–water partition coefficient (Wildman–Crippen LogP) is 9.19. The highest BCUT2D eigenvalue weighted by Crippen LogP contribution is 2.54. The first kappa shape index (κ1) is 34.6. The zero-order valence-electron chi connectivity index (χ0n) is 28.1. The van der Waals surface area contributed by atoms with Crippen LogP contribution in [-0.4, -0.2) is 62.8 Å². The second-order valence-corrected chi connectivity index (χ2v) is 13.0. The van der Waals surface area contributed by atoms with Crippen LogP contribution in [0.4, 0.5) is 5.69 Å². The van der Waals surface area contributed by atoms with Gasteiger partial charge in [0.25, 0.3) is 5.69 Å². The third-order valence-electron chi connectivity index (χ3n) is 9.00. The zero-order valence-corrected chi connectivity index (χ0v) is 28.9. The van der Waals surface area contributed by atoms with Crippen LogP contribution in [0.5, 0.6) is 0 Å². The van der Waals surface area contributed by atoms with Crippen molar-refractivity contribution in [3.05, 3.63) is 117 Å². The Hall–Kier alpha value is -4.25. The molecule has 8 nitrogen and oxygen atoms in total. The Morgan fingerprint density at radius 2 is 1.31 bits per heavy atom. The number of nitro groups is 1. The lowest BCUT2D eigenvalue weighted by atomic mass is 9.72. The van der Waals surface area contributed by atoms with Gasteiger partial charge < -0.3 is 18.9 Å². The quantitative estimate of drug-likeness (QED) is 0.0395. The van der Waals surface area contributed by atoms with Crippen molar-refractivity contribution in [3.8, 4) is 21.7 Å². The minimum atomic E-state index is -0.531. The first-order valence-electron chi connectivity index (χ1n) is 16.9. The summed E-state index contributed by atoms with van der Waals surface area (Å²) in [4.78, 5) is 16.4. The molecule has 254 valence electrons. The molecule has 4 aromatic carbocycles. The van der Waals surface area contributed by atoms with E-state index in [2.05, 4.69) is 60.7 Å². The summed E-state index contributed by atoms with van der Waals surface area (Å²) in [5, 5.41) is 12.9. The number of rotatable bonds is 18. The highest BCUT2D eigenvalue weighted by Gasteiger charge is 2.43. The van der Waals surface area contributed by atoms with Gasteiger partial charge in [-0.2, -0.15) is 0 Å². The van der Waals surface area contributed by atoms with Gasteiger partial charge in [0, 0.05) is 49.5 Å². The molecule has 1 aliphatic carbocycles. The van der Waals surface area contributed by atoms with Gasteiger partial charge in [0.15, 0.2) is 0 Å². The van der Waals surface area contributed by atoms with Crippen molar-refractivity contribution in [2.24, 2.45) is 0 Å². The van der Waals surface area contributed by atoms with Gasteiger partial charge in [-0.05, 0) is 78.3 Å². The van der Waals surface area contributed by atoms with Crippen molar-refractivity contribution in [2.75, 3.05) is 52.9 Å². The average molecular weight is 679 g/mol. The summed E-state index contributed by atoms with van der Waals surface area (Å²) in [7, 11) is 0. The van der Waals surface area contributed by atoms with Crippen molar-refractivity contribution in [1.82, 2.24) is 4.98 Å². The summed E-state index contributed by atoms with van der Waals surface area (Å²) in [6.07, 6.45) is 5.54. The maximum atomic E-state index is 11.9. The first-order chi connectivity index (χ1) is 24.0. The molecule has 0 atom stereocenters. The lowest BCUT2D eigenvalue weighted by molar-refractivity contribution is -0.384. The molecule has 0 aliphatic heterocycles. The number of benzene rings is 4. The van der Waals surface area contributed by atoms with Gasteiger partial charge in [0.2, 0.25) is 0 Å². The molecule has 6 rings (SSSR count). The molecule has 5 aromatic rings. The summed E-state index contributed by atoms with van der Waals surface area (Å²) in [5.41, 5.74) is 8.00. The summed E-state index contributed by atoms with van der Waals surface area (Å²) >= 11 is 1.70. The predicted molar refractivity (Wildman–Crippen MR) is 197 cm³/mol. The lowest BCUT2D eigenvalue weighted by Gasteiger charge is -2.32. The third kappa shape index (κ3) is 7.98. The Morgan fingerprint density at radius 3 is 1.96 bits per heavy atom. The molecule has 0 N–H and O–H groups in total. The van der Waals surface area contributed by atoms with Gasteiger partial charge >= 0.3 is 0 Å². The van der Waals surface area contributed by atoms with Crippen molar-refractivity contribution in [2.45, 2.75) is 32.1 Å². The normalized spacial score (nSPS) is 13.3. The number of hydrogen-bond acceptors (Lipinski definition) is 8. The van der Waals surface area contributed by atoms with Crippen molar-refractivity contribution < 1.29 is 23.9 Å². The average Bonchev–Trinajstić information content (AvgIpc) is 3.68. The molecule has 0 spiro atoms. The molecule has 1 aromatic heterocycles. The van der Waals surface area contributed by atoms with Crippen LogP contribution >= 0.6 is 11.3 Å². The van der Waals surface area contributed by atoms with Crippen LogP contribution in [-0.2, 0) is 24.4 Å². The fourth-order valence-electron chi connectivity index (χ4n) is 6.53. The van der Waals surface area contributed by atoms with Crippen molar-refractivity contribution >= 4 is 39.4 Å². The Kier molecular flexibility index (Phi) is 11.6. The van der Waals surface area contributed by atoms with Crippen LogP contribution in [0.1, 0.15) is 48.9 Å². The molecule has 0 unspecified atom stereocenters. The van der Waals surface area contributed by atoms with Crippen molar-refractivity contribution in [3.63, 3.8) is 0 Å². The van der Waals surface area contributed by atoms with Gasteiger partial charge in [-0.3, -0.25) is 10.1 Å². The smallest absolute Gasteiger partial charge is 0.269 e. The van der Waals surface area contributed by atoms with Gasteiger partial charge in [-0.25, -0.2) is 4.98 Å². The summed E-state index contributed by atoms with van der Waals surface area (Å²) in [6, 6.07) is 28.4. The molecular formula is C40H42N2O6S. The highest BCUT2D eigenvalue weighted by atomic mass is 32.1. The number of ether oxygens (including phenoxy) is 4. The van der Waals surface area contributed by atoms with Gasteiger partial charge in [-0.15, -0.1) is 11.3 Å². The fraction of sp³-hybridized carbons (Fsp3) is 0.325. The minimum Gasteiger partial charge on any atom is -0.379 e. The number of nitrogens with zero attached hydrogens (tertiary/aromatic N) is 2. The molecular weight excluding hydrogens is 637 g/mol. The monoisotopic (exact) mass is 678 g/mol.